The number of anilines is 1. The van der Waals surface area contributed by atoms with Crippen LogP contribution < -0.4 is 16.4 Å². The molecule has 1 aromatic carbocycles. The smallest absolute Gasteiger partial charge is 0.312 e. The number of carbonyl (C=O) groups is 3. The molecule has 0 saturated carbocycles. The maximum atomic E-state index is 12.7. The van der Waals surface area contributed by atoms with E-state index >= 15 is 0 Å². The zero-order chi connectivity index (χ0) is 20.6. The highest BCUT2D eigenvalue weighted by Gasteiger charge is 2.26. The van der Waals surface area contributed by atoms with Gasteiger partial charge >= 0.3 is 6.03 Å². The summed E-state index contributed by atoms with van der Waals surface area (Å²) in [5.74, 6) is -0.107. The van der Waals surface area contributed by atoms with Crippen molar-refractivity contribution in [2.75, 3.05) is 38.0 Å². The minimum absolute atomic E-state index is 0.0365. The van der Waals surface area contributed by atoms with Gasteiger partial charge in [0.1, 0.15) is 0 Å². The number of hydrogen-bond acceptors (Lipinski definition) is 5. The molecule has 4 N–H and O–H groups in total. The van der Waals surface area contributed by atoms with E-state index in [4.69, 9.17) is 5.73 Å². The number of thiophene rings is 1. The summed E-state index contributed by atoms with van der Waals surface area (Å²) in [6.07, 6.45) is 0.165. The molecule has 3 rings (SSSR count). The van der Waals surface area contributed by atoms with Gasteiger partial charge in [0.2, 0.25) is 11.8 Å². The third kappa shape index (κ3) is 6.30. The molecule has 0 aliphatic carbocycles. The lowest BCUT2D eigenvalue weighted by atomic mass is 10.1. The van der Waals surface area contributed by atoms with Gasteiger partial charge in [-0.1, -0.05) is 24.3 Å². The van der Waals surface area contributed by atoms with Crippen LogP contribution in [0, 0.1) is 0 Å². The predicted molar refractivity (Wildman–Crippen MR) is 112 cm³/mol. The van der Waals surface area contributed by atoms with Crippen molar-refractivity contribution in [3.8, 4) is 0 Å². The molecule has 0 radical (unpaired) electrons. The number of hydrogen-bond donors (Lipinski definition) is 3. The minimum atomic E-state index is -0.648. The first kappa shape index (κ1) is 20.8. The second-order valence-corrected chi connectivity index (χ2v) is 7.83. The molecule has 1 aliphatic rings. The lowest BCUT2D eigenvalue weighted by Crippen LogP contribution is -2.51. The van der Waals surface area contributed by atoms with Crippen LogP contribution in [0.1, 0.15) is 17.3 Å². The average Bonchev–Trinajstić information content (AvgIpc) is 3.23. The van der Waals surface area contributed by atoms with Crippen LogP contribution in [0.3, 0.4) is 0 Å². The SMILES string of the molecule is NC(=O)NC(CC(=O)N1CCN(CC(=O)Nc2ccccc2)CC1)c1cccs1. The van der Waals surface area contributed by atoms with Crippen LogP contribution in [0.25, 0.3) is 0 Å². The minimum Gasteiger partial charge on any atom is -0.352 e. The lowest BCUT2D eigenvalue weighted by Gasteiger charge is -2.35. The molecule has 1 unspecified atom stereocenters. The van der Waals surface area contributed by atoms with E-state index in [9.17, 15) is 14.4 Å². The van der Waals surface area contributed by atoms with Crippen LogP contribution in [0.2, 0.25) is 0 Å². The summed E-state index contributed by atoms with van der Waals surface area (Å²) < 4.78 is 0. The molecule has 9 heteroatoms. The first-order valence-electron chi connectivity index (χ1n) is 9.45. The van der Waals surface area contributed by atoms with Gasteiger partial charge in [0.25, 0.3) is 0 Å². The number of piperazine rings is 1. The van der Waals surface area contributed by atoms with Crippen LogP contribution in [-0.4, -0.2) is 60.4 Å². The molecule has 29 heavy (non-hydrogen) atoms. The summed E-state index contributed by atoms with van der Waals surface area (Å²) >= 11 is 1.48. The Labute approximate surface area is 173 Å². The highest BCUT2D eigenvalue weighted by molar-refractivity contribution is 7.10. The number of urea groups is 1. The number of rotatable bonds is 7. The molecule has 1 atom stereocenters. The van der Waals surface area contributed by atoms with Gasteiger partial charge < -0.3 is 21.3 Å². The Balaban J connectivity index is 1.46. The van der Waals surface area contributed by atoms with E-state index in [0.717, 1.165) is 10.6 Å². The molecule has 8 nitrogen and oxygen atoms in total. The van der Waals surface area contributed by atoms with Crippen molar-refractivity contribution in [2.45, 2.75) is 12.5 Å². The maximum absolute atomic E-state index is 12.7. The van der Waals surface area contributed by atoms with E-state index in [2.05, 4.69) is 10.6 Å². The number of amides is 4. The summed E-state index contributed by atoms with van der Waals surface area (Å²) in [5, 5.41) is 7.42. The molecule has 1 fully saturated rings. The maximum Gasteiger partial charge on any atom is 0.312 e. The van der Waals surface area contributed by atoms with Crippen molar-refractivity contribution < 1.29 is 14.4 Å². The topological polar surface area (TPSA) is 108 Å². The highest BCUT2D eigenvalue weighted by atomic mass is 32.1. The number of nitrogens with one attached hydrogen (secondary N) is 2. The largest absolute Gasteiger partial charge is 0.352 e. The summed E-state index contributed by atoms with van der Waals surface area (Å²) in [5.41, 5.74) is 6.03. The van der Waals surface area contributed by atoms with Crippen LogP contribution in [0.15, 0.2) is 47.8 Å². The Bertz CT molecular complexity index is 820. The molecular weight excluding hydrogens is 390 g/mol. The highest BCUT2D eigenvalue weighted by Crippen LogP contribution is 2.23. The van der Waals surface area contributed by atoms with E-state index in [1.807, 2.05) is 52.7 Å². The van der Waals surface area contributed by atoms with Crippen LogP contribution in [-0.2, 0) is 9.59 Å². The second kappa shape index (κ2) is 10.0. The Hall–Kier alpha value is -2.91. The van der Waals surface area contributed by atoms with Gasteiger partial charge in [-0.25, -0.2) is 4.79 Å². The molecule has 154 valence electrons. The van der Waals surface area contributed by atoms with Crippen molar-refractivity contribution in [3.05, 3.63) is 52.7 Å². The number of nitrogens with zero attached hydrogens (tertiary/aromatic N) is 2. The molecule has 4 amide bonds. The van der Waals surface area contributed by atoms with Gasteiger partial charge in [-0.05, 0) is 23.6 Å². The summed E-state index contributed by atoms with van der Waals surface area (Å²) in [4.78, 5) is 40.9. The lowest BCUT2D eigenvalue weighted by molar-refractivity contribution is -0.133. The number of para-hydroxylation sites is 1. The predicted octanol–water partition coefficient (Wildman–Crippen LogP) is 1.63. The van der Waals surface area contributed by atoms with E-state index in [-0.39, 0.29) is 24.8 Å². The van der Waals surface area contributed by atoms with Crippen LogP contribution in [0.4, 0.5) is 10.5 Å². The third-order valence-corrected chi connectivity index (χ3v) is 5.72. The monoisotopic (exact) mass is 415 g/mol. The Morgan fingerprint density at radius 2 is 1.76 bits per heavy atom. The van der Waals surface area contributed by atoms with Gasteiger partial charge in [-0.15, -0.1) is 11.3 Å². The van der Waals surface area contributed by atoms with E-state index in [1.54, 1.807) is 4.90 Å². The molecule has 1 saturated heterocycles. The number of nitrogens with two attached hydrogens (primary N) is 1. The second-order valence-electron chi connectivity index (χ2n) is 6.85. The quantitative estimate of drug-likeness (QED) is 0.639. The summed E-state index contributed by atoms with van der Waals surface area (Å²) in [6.45, 7) is 2.63. The number of primary amides is 1. The van der Waals surface area contributed by atoms with Crippen molar-refractivity contribution in [1.82, 2.24) is 15.1 Å². The standard InChI is InChI=1S/C20H25N5O3S/c21-20(28)23-16(17-7-4-12-29-17)13-19(27)25-10-8-24(9-11-25)14-18(26)22-15-5-2-1-3-6-15/h1-7,12,16H,8-11,13-14H2,(H,22,26)(H3,21,23,28). The molecule has 0 spiro atoms. The Kier molecular flexibility index (Phi) is 7.20. The van der Waals surface area contributed by atoms with Crippen LogP contribution >= 0.6 is 11.3 Å². The Morgan fingerprint density at radius 1 is 1.03 bits per heavy atom. The van der Waals surface area contributed by atoms with Crippen molar-refractivity contribution in [3.63, 3.8) is 0 Å². The molecule has 0 bridgehead atoms. The normalized spacial score (nSPS) is 15.5. The van der Waals surface area contributed by atoms with Gasteiger partial charge in [0.15, 0.2) is 0 Å². The van der Waals surface area contributed by atoms with Crippen molar-refractivity contribution in [2.24, 2.45) is 5.73 Å². The van der Waals surface area contributed by atoms with Crippen molar-refractivity contribution >= 4 is 34.9 Å². The van der Waals surface area contributed by atoms with Gasteiger partial charge in [0, 0.05) is 36.7 Å². The zero-order valence-corrected chi connectivity index (χ0v) is 16.9. The van der Waals surface area contributed by atoms with Crippen molar-refractivity contribution in [1.29, 1.82) is 0 Å². The van der Waals surface area contributed by atoms with Gasteiger partial charge in [-0.3, -0.25) is 14.5 Å². The average molecular weight is 416 g/mol. The number of carbonyl (C=O) groups excluding carboxylic acids is 3. The van der Waals surface area contributed by atoms with E-state index in [0.29, 0.717) is 26.2 Å². The fraction of sp³-hybridized carbons (Fsp3) is 0.350. The van der Waals surface area contributed by atoms with Crippen LogP contribution in [0.5, 0.6) is 0 Å². The first-order chi connectivity index (χ1) is 14.0. The van der Waals surface area contributed by atoms with Gasteiger partial charge in [-0.2, -0.15) is 0 Å². The Morgan fingerprint density at radius 3 is 2.38 bits per heavy atom. The molecule has 2 heterocycles. The summed E-state index contributed by atoms with van der Waals surface area (Å²) in [7, 11) is 0. The molecule has 1 aliphatic heterocycles. The summed E-state index contributed by atoms with van der Waals surface area (Å²) in [6, 6.07) is 12.0. The number of benzene rings is 1. The third-order valence-electron chi connectivity index (χ3n) is 4.73. The van der Waals surface area contributed by atoms with E-state index < -0.39 is 12.1 Å². The first-order valence-corrected chi connectivity index (χ1v) is 10.3. The fourth-order valence-electron chi connectivity index (χ4n) is 3.27. The molecule has 2 aromatic rings. The van der Waals surface area contributed by atoms with E-state index in [1.165, 1.54) is 11.3 Å². The molecular formula is C20H25N5O3S. The van der Waals surface area contributed by atoms with Gasteiger partial charge in [0.05, 0.1) is 19.0 Å². The fourth-order valence-corrected chi connectivity index (χ4v) is 4.05. The zero-order valence-electron chi connectivity index (χ0n) is 16.0. The molecule has 1 aromatic heterocycles.